The van der Waals surface area contributed by atoms with Crippen molar-refractivity contribution in [3.63, 3.8) is 0 Å². The number of anilines is 1. The first-order valence-corrected chi connectivity index (χ1v) is 16.6. The second-order valence-corrected chi connectivity index (χ2v) is 14.6. The van der Waals surface area contributed by atoms with Gasteiger partial charge in [-0.3, -0.25) is 14.4 Å². The van der Waals surface area contributed by atoms with Gasteiger partial charge in [0.25, 0.3) is 0 Å². The second kappa shape index (κ2) is 13.0. The Morgan fingerprint density at radius 3 is 2.33 bits per heavy atom. The maximum Gasteiger partial charge on any atom is 0.247 e. The van der Waals surface area contributed by atoms with Crippen LogP contribution in [0.15, 0.2) is 79.9 Å². The summed E-state index contributed by atoms with van der Waals surface area (Å²) in [5.41, 5.74) is 0.905. The zero-order chi connectivity index (χ0) is 32.5. The highest BCUT2D eigenvalue weighted by Gasteiger charge is 2.75. The molecule has 3 saturated heterocycles. The van der Waals surface area contributed by atoms with Gasteiger partial charge in [0.05, 0.1) is 35.8 Å². The molecule has 1 N–H and O–H groups in total. The number of rotatable bonds is 12. The predicted molar refractivity (Wildman–Crippen MR) is 179 cm³/mol. The average Bonchev–Trinajstić information content (AvgIpc) is 3.67. The summed E-state index contributed by atoms with van der Waals surface area (Å²) < 4.78 is 4.81. The van der Waals surface area contributed by atoms with Crippen molar-refractivity contribution in [2.45, 2.75) is 68.2 Å². The molecule has 2 aromatic rings. The van der Waals surface area contributed by atoms with Crippen molar-refractivity contribution >= 4 is 35.2 Å². The Balaban J connectivity index is 1.60. The van der Waals surface area contributed by atoms with E-state index in [4.69, 9.17) is 4.74 Å². The fourth-order valence-electron chi connectivity index (χ4n) is 7.51. The first-order valence-electron chi connectivity index (χ1n) is 15.8. The number of amides is 3. The van der Waals surface area contributed by atoms with Gasteiger partial charge in [0.2, 0.25) is 17.7 Å². The Morgan fingerprint density at radius 1 is 1.09 bits per heavy atom. The lowest BCUT2D eigenvalue weighted by atomic mass is 9.70. The molecule has 2 unspecified atom stereocenters. The molecule has 0 aromatic heterocycles. The smallest absolute Gasteiger partial charge is 0.247 e. The number of fused-ring (bicyclic) bond motifs is 1. The molecule has 1 spiro atoms. The molecule has 3 heterocycles. The first-order chi connectivity index (χ1) is 21.5. The molecule has 8 nitrogen and oxygen atoms in total. The number of aliphatic hydroxyl groups is 1. The van der Waals surface area contributed by atoms with Crippen LogP contribution >= 0.6 is 11.8 Å². The topological polar surface area (TPSA) is 90.4 Å². The number of carbonyl (C=O) groups is 3. The van der Waals surface area contributed by atoms with Crippen LogP contribution in [-0.4, -0.2) is 80.5 Å². The SMILES string of the molecule is C=CCN(C(=O)[C@@H]1[C@@H]2CCC3(S2)C(C(=O)N(CC=C)C(C)(C)C)N([C@H](CO)c2ccccc2)C(=O)[C@H]13)c1ccc(OCC)cc1. The lowest BCUT2D eigenvalue weighted by Gasteiger charge is -2.43. The standard InChI is InChI=1S/C36H45N3O5S/c1-7-21-37(25-15-17-26(18-16-25)44-9-3)32(41)29-28-19-20-36(45-28)30(29)33(42)39(27(23-40)24-13-11-10-12-14-24)31(36)34(43)38(22-8-2)35(4,5)6/h7-8,10-18,27-31,40H,1-2,9,19-23H2,3-6H3/t27-,28+,29-,30+,31?,36?/m1/s1. The van der Waals surface area contributed by atoms with E-state index in [0.29, 0.717) is 31.0 Å². The molecule has 2 aromatic carbocycles. The van der Waals surface area contributed by atoms with E-state index in [1.165, 1.54) is 0 Å². The maximum atomic E-state index is 14.8. The van der Waals surface area contributed by atoms with Crippen molar-refractivity contribution in [2.24, 2.45) is 11.8 Å². The number of carbonyl (C=O) groups excluding carboxylic acids is 3. The van der Waals surface area contributed by atoms with Crippen molar-refractivity contribution in [3.05, 3.63) is 85.5 Å². The van der Waals surface area contributed by atoms with E-state index in [2.05, 4.69) is 13.2 Å². The minimum atomic E-state index is -0.849. The van der Waals surface area contributed by atoms with Gasteiger partial charge in [0.1, 0.15) is 11.8 Å². The fraction of sp³-hybridized carbons (Fsp3) is 0.472. The molecule has 0 radical (unpaired) electrons. The molecular weight excluding hydrogens is 586 g/mol. The molecule has 3 fully saturated rings. The second-order valence-electron chi connectivity index (χ2n) is 13.0. The molecule has 5 rings (SSSR count). The highest BCUT2D eigenvalue weighted by Crippen LogP contribution is 2.67. The Morgan fingerprint density at radius 2 is 1.76 bits per heavy atom. The van der Waals surface area contributed by atoms with Gasteiger partial charge in [0, 0.05) is 29.6 Å². The molecule has 3 aliphatic rings. The van der Waals surface area contributed by atoms with E-state index in [0.717, 1.165) is 12.0 Å². The molecular formula is C36H45N3O5S. The van der Waals surface area contributed by atoms with Gasteiger partial charge in [-0.2, -0.15) is 0 Å². The number of benzene rings is 2. The van der Waals surface area contributed by atoms with E-state index in [9.17, 15) is 19.5 Å². The summed E-state index contributed by atoms with van der Waals surface area (Å²) in [6.07, 6.45) is 4.75. The number of ether oxygens (including phenoxy) is 1. The van der Waals surface area contributed by atoms with Crippen LogP contribution in [0.5, 0.6) is 5.75 Å². The Kier molecular flexibility index (Phi) is 9.52. The Labute approximate surface area is 271 Å². The van der Waals surface area contributed by atoms with Crippen LogP contribution in [0, 0.1) is 11.8 Å². The highest BCUT2D eigenvalue weighted by atomic mass is 32.2. The van der Waals surface area contributed by atoms with Gasteiger partial charge in [-0.15, -0.1) is 24.9 Å². The summed E-state index contributed by atoms with van der Waals surface area (Å²) in [5.74, 6) is -1.20. The van der Waals surface area contributed by atoms with Crippen LogP contribution in [0.4, 0.5) is 5.69 Å². The van der Waals surface area contributed by atoms with E-state index in [1.54, 1.807) is 38.6 Å². The van der Waals surface area contributed by atoms with Gasteiger partial charge >= 0.3 is 0 Å². The summed E-state index contributed by atoms with van der Waals surface area (Å²) in [4.78, 5) is 49.3. The van der Waals surface area contributed by atoms with Gasteiger partial charge < -0.3 is 24.5 Å². The van der Waals surface area contributed by atoms with Gasteiger partial charge in [-0.25, -0.2) is 0 Å². The van der Waals surface area contributed by atoms with Crippen LogP contribution in [0.2, 0.25) is 0 Å². The Bertz CT molecular complexity index is 1420. The minimum absolute atomic E-state index is 0.106. The predicted octanol–water partition coefficient (Wildman–Crippen LogP) is 5.24. The molecule has 6 atom stereocenters. The monoisotopic (exact) mass is 631 g/mol. The fourth-order valence-corrected chi connectivity index (χ4v) is 9.70. The zero-order valence-corrected chi connectivity index (χ0v) is 27.5. The van der Waals surface area contributed by atoms with E-state index >= 15 is 0 Å². The Hall–Kier alpha value is -3.56. The summed E-state index contributed by atoms with van der Waals surface area (Å²) in [6.45, 7) is 16.4. The highest BCUT2D eigenvalue weighted by molar-refractivity contribution is 8.02. The van der Waals surface area contributed by atoms with Crippen molar-refractivity contribution in [2.75, 3.05) is 31.2 Å². The number of thioether (sulfide) groups is 1. The minimum Gasteiger partial charge on any atom is -0.494 e. The quantitative estimate of drug-likeness (QED) is 0.322. The first kappa shape index (κ1) is 32.8. The lowest BCUT2D eigenvalue weighted by molar-refractivity contribution is -0.148. The van der Waals surface area contributed by atoms with Crippen molar-refractivity contribution in [1.82, 2.24) is 9.80 Å². The lowest BCUT2D eigenvalue weighted by Crippen LogP contribution is -2.59. The van der Waals surface area contributed by atoms with E-state index in [-0.39, 0.29) is 36.1 Å². The number of nitrogens with zero attached hydrogens (tertiary/aromatic N) is 3. The van der Waals surface area contributed by atoms with Crippen LogP contribution in [0.3, 0.4) is 0 Å². The molecule has 45 heavy (non-hydrogen) atoms. The van der Waals surface area contributed by atoms with Gasteiger partial charge in [0.15, 0.2) is 0 Å². The van der Waals surface area contributed by atoms with Crippen molar-refractivity contribution < 1.29 is 24.2 Å². The van der Waals surface area contributed by atoms with E-state index < -0.39 is 34.2 Å². The molecule has 3 aliphatic heterocycles. The van der Waals surface area contributed by atoms with E-state index in [1.807, 2.05) is 82.3 Å². The number of hydrogen-bond acceptors (Lipinski definition) is 6. The third-order valence-corrected chi connectivity index (χ3v) is 11.3. The third-order valence-electron chi connectivity index (χ3n) is 9.37. The number of hydrogen-bond donors (Lipinski definition) is 1. The summed E-state index contributed by atoms with van der Waals surface area (Å²) in [6, 6.07) is 15.2. The van der Waals surface area contributed by atoms with Crippen molar-refractivity contribution in [3.8, 4) is 5.75 Å². The normalized spacial score (nSPS) is 25.9. The molecule has 240 valence electrons. The van der Waals surface area contributed by atoms with Crippen molar-refractivity contribution in [1.29, 1.82) is 0 Å². The summed E-state index contributed by atoms with van der Waals surface area (Å²) in [5, 5.41) is 10.7. The molecule has 9 heteroatoms. The van der Waals surface area contributed by atoms with Gasteiger partial charge in [-0.1, -0.05) is 42.5 Å². The third kappa shape index (κ3) is 5.69. The van der Waals surface area contributed by atoms with Gasteiger partial charge in [-0.05, 0) is 70.4 Å². The van der Waals surface area contributed by atoms with Crippen LogP contribution in [0.1, 0.15) is 52.1 Å². The molecule has 3 amide bonds. The maximum absolute atomic E-state index is 14.8. The average molecular weight is 632 g/mol. The zero-order valence-electron chi connectivity index (χ0n) is 26.7. The summed E-state index contributed by atoms with van der Waals surface area (Å²) in [7, 11) is 0. The van der Waals surface area contributed by atoms with Crippen LogP contribution in [-0.2, 0) is 14.4 Å². The van der Waals surface area contributed by atoms with Crippen LogP contribution in [0.25, 0.3) is 0 Å². The molecule has 2 bridgehead atoms. The summed E-state index contributed by atoms with van der Waals surface area (Å²) >= 11 is 1.63. The molecule has 0 aliphatic carbocycles. The largest absolute Gasteiger partial charge is 0.494 e. The number of aliphatic hydroxyl groups excluding tert-OH is 1. The molecule has 0 saturated carbocycles. The van der Waals surface area contributed by atoms with Crippen LogP contribution < -0.4 is 9.64 Å². The number of likely N-dealkylation sites (tertiary alicyclic amines) is 1.